The van der Waals surface area contributed by atoms with Gasteiger partial charge in [-0.2, -0.15) is 4.98 Å². The van der Waals surface area contributed by atoms with Crippen molar-refractivity contribution in [2.45, 2.75) is 6.42 Å². The van der Waals surface area contributed by atoms with Gasteiger partial charge in [-0.1, -0.05) is 17.7 Å². The molecule has 2 aliphatic heterocycles. The molecule has 0 unspecified atom stereocenters. The van der Waals surface area contributed by atoms with Gasteiger partial charge in [-0.05, 0) is 38.4 Å². The van der Waals surface area contributed by atoms with E-state index in [1.54, 1.807) is 19.2 Å². The number of methoxy groups -OCH3 is 1. The molecular formula is C30H39ClN8O3. The van der Waals surface area contributed by atoms with Crippen molar-refractivity contribution >= 4 is 40.5 Å². The van der Waals surface area contributed by atoms with Crippen molar-refractivity contribution in [3.63, 3.8) is 0 Å². The number of rotatable bonds is 10. The van der Waals surface area contributed by atoms with Gasteiger partial charge in [-0.3, -0.25) is 4.79 Å². The first kappa shape index (κ1) is 29.8. The molecule has 1 amide bonds. The molecule has 0 aliphatic carbocycles. The molecule has 42 heavy (non-hydrogen) atoms. The lowest BCUT2D eigenvalue weighted by atomic mass is 10.2. The molecule has 0 saturated carbocycles. The van der Waals surface area contributed by atoms with Crippen LogP contribution in [0, 0.1) is 0 Å². The van der Waals surface area contributed by atoms with Crippen molar-refractivity contribution in [2.75, 3.05) is 95.6 Å². The van der Waals surface area contributed by atoms with Gasteiger partial charge in [0.2, 0.25) is 17.7 Å². The van der Waals surface area contributed by atoms with Crippen molar-refractivity contribution < 1.29 is 14.3 Å². The lowest BCUT2D eigenvalue weighted by Gasteiger charge is -2.34. The first-order chi connectivity index (χ1) is 20.4. The summed E-state index contributed by atoms with van der Waals surface area (Å²) < 4.78 is 11.7. The maximum absolute atomic E-state index is 12.6. The molecule has 0 spiro atoms. The number of aromatic nitrogens is 2. The molecule has 11 nitrogen and oxygen atoms in total. The predicted molar refractivity (Wildman–Crippen MR) is 167 cm³/mol. The molecule has 1 aromatic heterocycles. The third-order valence-electron chi connectivity index (χ3n) is 7.60. The Bertz CT molecular complexity index is 1360. The summed E-state index contributed by atoms with van der Waals surface area (Å²) in [6.45, 7) is 8.75. The second kappa shape index (κ2) is 14.0. The van der Waals surface area contributed by atoms with E-state index in [1.807, 2.05) is 24.3 Å². The molecular weight excluding hydrogens is 556 g/mol. The number of nitrogens with zero attached hydrogens (tertiary/aromatic N) is 6. The Labute approximate surface area is 252 Å². The van der Waals surface area contributed by atoms with Crippen LogP contribution < -0.4 is 25.0 Å². The fourth-order valence-corrected chi connectivity index (χ4v) is 5.08. The second-order valence-corrected chi connectivity index (χ2v) is 11.1. The van der Waals surface area contributed by atoms with Crippen molar-refractivity contribution in [3.8, 4) is 17.4 Å². The van der Waals surface area contributed by atoms with Gasteiger partial charge in [0.05, 0.1) is 19.0 Å². The number of hydrogen-bond donors (Lipinski definition) is 2. The number of carbonyl (C=O) groups excluding carboxylic acids is 1. The second-order valence-electron chi connectivity index (χ2n) is 10.7. The van der Waals surface area contributed by atoms with E-state index in [0.29, 0.717) is 29.6 Å². The monoisotopic (exact) mass is 594 g/mol. The van der Waals surface area contributed by atoms with Gasteiger partial charge in [-0.25, -0.2) is 4.98 Å². The average Bonchev–Trinajstić information content (AvgIpc) is 2.99. The molecule has 0 bridgehead atoms. The third-order valence-corrected chi connectivity index (χ3v) is 7.85. The number of amides is 1. The molecule has 3 aromatic rings. The highest BCUT2D eigenvalue weighted by atomic mass is 35.5. The number of likely N-dealkylation sites (N-methyl/N-ethyl adjacent to an activating group) is 2. The van der Waals surface area contributed by atoms with E-state index in [2.05, 4.69) is 60.4 Å². The Balaban J connectivity index is 1.20. The van der Waals surface area contributed by atoms with Crippen LogP contribution in [-0.4, -0.2) is 111 Å². The minimum absolute atomic E-state index is 0.0368. The quantitative estimate of drug-likeness (QED) is 0.358. The van der Waals surface area contributed by atoms with Gasteiger partial charge >= 0.3 is 0 Å². The fraction of sp³-hybridized carbons (Fsp3) is 0.433. The summed E-state index contributed by atoms with van der Waals surface area (Å²) >= 11 is 6.38. The molecule has 224 valence electrons. The summed E-state index contributed by atoms with van der Waals surface area (Å²) in [5, 5.41) is 6.45. The number of ether oxygens (including phenoxy) is 2. The van der Waals surface area contributed by atoms with Gasteiger partial charge in [-0.15, -0.1) is 0 Å². The van der Waals surface area contributed by atoms with Crippen molar-refractivity contribution in [3.05, 3.63) is 53.7 Å². The highest BCUT2D eigenvalue weighted by Crippen LogP contribution is 2.34. The summed E-state index contributed by atoms with van der Waals surface area (Å²) in [5.74, 6) is 1.65. The van der Waals surface area contributed by atoms with E-state index < -0.39 is 0 Å². The zero-order valence-corrected chi connectivity index (χ0v) is 25.2. The van der Waals surface area contributed by atoms with E-state index in [1.165, 1.54) is 6.20 Å². The van der Waals surface area contributed by atoms with Gasteiger partial charge in [0, 0.05) is 88.8 Å². The summed E-state index contributed by atoms with van der Waals surface area (Å²) in [6.07, 6.45) is 1.92. The topological polar surface area (TPSA) is 98.3 Å². The van der Waals surface area contributed by atoms with Crippen LogP contribution in [0.2, 0.25) is 5.02 Å². The number of piperazine rings is 2. The molecule has 2 fully saturated rings. The number of anilines is 4. The van der Waals surface area contributed by atoms with Crippen LogP contribution in [-0.2, 0) is 4.79 Å². The Hall–Kier alpha value is -3.64. The highest BCUT2D eigenvalue weighted by molar-refractivity contribution is 6.31. The number of hydrogen-bond acceptors (Lipinski definition) is 10. The maximum atomic E-state index is 12.6. The van der Waals surface area contributed by atoms with Crippen LogP contribution in [0.4, 0.5) is 23.0 Å². The minimum atomic E-state index is -0.0368. The van der Waals surface area contributed by atoms with E-state index in [-0.39, 0.29) is 16.8 Å². The Morgan fingerprint density at radius 2 is 1.71 bits per heavy atom. The van der Waals surface area contributed by atoms with Gasteiger partial charge in [0.1, 0.15) is 16.5 Å². The molecule has 0 atom stereocenters. The van der Waals surface area contributed by atoms with Crippen LogP contribution in [0.5, 0.6) is 17.4 Å². The predicted octanol–water partition coefficient (Wildman–Crippen LogP) is 4.00. The molecule has 5 rings (SSSR count). The standard InChI is InChI=1S/C30H39ClN8O3/c1-36-11-15-38(16-12-36)10-9-28(40)33-22-5-4-6-24(19-22)42-29-25(31)21-32-30(35-29)34-26-8-7-23(20-27(26)41-3)39-17-13-37(2)14-18-39/h4-8,19-21H,9-18H2,1-3H3,(H,33,40)(H,32,34,35). The Morgan fingerprint density at radius 1 is 0.976 bits per heavy atom. The molecule has 3 heterocycles. The molecule has 0 radical (unpaired) electrons. The zero-order chi connectivity index (χ0) is 29.5. The summed E-state index contributed by atoms with van der Waals surface area (Å²) in [4.78, 5) is 30.7. The van der Waals surface area contributed by atoms with Crippen LogP contribution in [0.25, 0.3) is 0 Å². The summed E-state index contributed by atoms with van der Waals surface area (Å²) in [7, 11) is 5.90. The molecule has 2 aliphatic rings. The normalized spacial score (nSPS) is 16.7. The maximum Gasteiger partial charge on any atom is 0.243 e. The summed E-state index contributed by atoms with van der Waals surface area (Å²) in [5.41, 5.74) is 2.48. The first-order valence-electron chi connectivity index (χ1n) is 14.3. The lowest BCUT2D eigenvalue weighted by Crippen LogP contribution is -2.45. The lowest BCUT2D eigenvalue weighted by molar-refractivity contribution is -0.116. The van der Waals surface area contributed by atoms with E-state index in [9.17, 15) is 4.79 Å². The number of benzene rings is 2. The molecule has 2 N–H and O–H groups in total. The van der Waals surface area contributed by atoms with E-state index in [4.69, 9.17) is 21.1 Å². The van der Waals surface area contributed by atoms with Crippen molar-refractivity contribution in [2.24, 2.45) is 0 Å². The van der Waals surface area contributed by atoms with Crippen LogP contribution in [0.1, 0.15) is 6.42 Å². The van der Waals surface area contributed by atoms with E-state index >= 15 is 0 Å². The van der Waals surface area contributed by atoms with Gasteiger partial charge in [0.25, 0.3) is 0 Å². The number of carbonyl (C=O) groups is 1. The summed E-state index contributed by atoms with van der Waals surface area (Å²) in [6, 6.07) is 13.2. The third kappa shape index (κ3) is 8.01. The molecule has 12 heteroatoms. The Kier molecular flexibility index (Phi) is 9.96. The fourth-order valence-electron chi connectivity index (χ4n) is 4.95. The number of nitrogens with one attached hydrogen (secondary N) is 2. The van der Waals surface area contributed by atoms with Gasteiger partial charge in [0.15, 0.2) is 0 Å². The largest absolute Gasteiger partial charge is 0.494 e. The zero-order valence-electron chi connectivity index (χ0n) is 24.5. The van der Waals surface area contributed by atoms with Crippen molar-refractivity contribution in [1.82, 2.24) is 24.7 Å². The minimum Gasteiger partial charge on any atom is -0.494 e. The molecule has 2 saturated heterocycles. The van der Waals surface area contributed by atoms with Crippen LogP contribution >= 0.6 is 11.6 Å². The van der Waals surface area contributed by atoms with E-state index in [0.717, 1.165) is 70.3 Å². The molecule has 2 aromatic carbocycles. The van der Waals surface area contributed by atoms with Crippen molar-refractivity contribution in [1.29, 1.82) is 0 Å². The van der Waals surface area contributed by atoms with Gasteiger partial charge < -0.3 is 39.7 Å². The smallest absolute Gasteiger partial charge is 0.243 e. The number of halogens is 1. The average molecular weight is 595 g/mol. The highest BCUT2D eigenvalue weighted by Gasteiger charge is 2.18. The Morgan fingerprint density at radius 3 is 2.45 bits per heavy atom. The first-order valence-corrected chi connectivity index (χ1v) is 14.6. The van der Waals surface area contributed by atoms with Crippen LogP contribution in [0.15, 0.2) is 48.7 Å². The SMILES string of the molecule is COc1cc(N2CCN(C)CC2)ccc1Nc1ncc(Cl)c(Oc2cccc(NC(=O)CCN3CCN(C)CC3)c2)n1. The van der Waals surface area contributed by atoms with Crippen LogP contribution in [0.3, 0.4) is 0 Å².